The number of anilines is 1. The Morgan fingerprint density at radius 3 is 2.86 bits per heavy atom. The van der Waals surface area contributed by atoms with Crippen LogP contribution in [-0.2, 0) is 4.79 Å². The molecule has 0 unspecified atom stereocenters. The zero-order valence-corrected chi connectivity index (χ0v) is 17.2. The molecular formula is C21H25ClN6O. The maximum Gasteiger partial charge on any atom is 0.202 e. The molecule has 0 radical (unpaired) electrons. The molecule has 1 aliphatic carbocycles. The lowest BCUT2D eigenvalue weighted by atomic mass is 10.0. The second-order valence-corrected chi connectivity index (χ2v) is 7.82. The number of pyridine rings is 1. The number of likely N-dealkylation sites (tertiary alicyclic amines) is 1. The van der Waals surface area contributed by atoms with E-state index in [0.717, 1.165) is 31.7 Å². The number of ketones is 1. The molecule has 1 aliphatic heterocycles. The van der Waals surface area contributed by atoms with E-state index < -0.39 is 0 Å². The largest absolute Gasteiger partial charge is 0.396 e. The number of rotatable bonds is 5. The van der Waals surface area contributed by atoms with Crippen molar-refractivity contribution in [2.45, 2.75) is 26.2 Å². The van der Waals surface area contributed by atoms with Gasteiger partial charge in [0, 0.05) is 24.9 Å². The molecule has 2 aromatic rings. The van der Waals surface area contributed by atoms with E-state index in [9.17, 15) is 4.79 Å². The molecule has 0 atom stereocenters. The van der Waals surface area contributed by atoms with E-state index in [-0.39, 0.29) is 16.5 Å². The van der Waals surface area contributed by atoms with E-state index >= 15 is 0 Å². The third-order valence-electron chi connectivity index (χ3n) is 5.34. The maximum atomic E-state index is 12.0. The van der Waals surface area contributed by atoms with Gasteiger partial charge < -0.3 is 16.0 Å². The van der Waals surface area contributed by atoms with Gasteiger partial charge in [0.15, 0.2) is 5.82 Å². The second kappa shape index (κ2) is 8.39. The Morgan fingerprint density at radius 1 is 1.28 bits per heavy atom. The van der Waals surface area contributed by atoms with Crippen molar-refractivity contribution in [1.29, 1.82) is 0 Å². The van der Waals surface area contributed by atoms with E-state index in [1.807, 2.05) is 24.4 Å². The Kier molecular flexibility index (Phi) is 5.69. The summed E-state index contributed by atoms with van der Waals surface area (Å²) >= 11 is 6.12. The minimum atomic E-state index is -0.261. The lowest BCUT2D eigenvalue weighted by Gasteiger charge is -2.26. The van der Waals surface area contributed by atoms with Gasteiger partial charge in [-0.05, 0) is 51.1 Å². The molecule has 29 heavy (non-hydrogen) atoms. The number of carbonyl (C=O) groups excluding carboxylic acids is 1. The van der Waals surface area contributed by atoms with Crippen LogP contribution in [0.4, 0.5) is 11.5 Å². The van der Waals surface area contributed by atoms with Crippen LogP contribution in [0, 0.1) is 0 Å². The van der Waals surface area contributed by atoms with E-state index in [1.54, 1.807) is 17.5 Å². The van der Waals surface area contributed by atoms with Crippen LogP contribution in [0.1, 0.15) is 26.2 Å². The number of nitrogens with one attached hydrogen (secondary N) is 1. The SMILES string of the molecule is CC1=CC(=Nc2c(NCCN3CCCCC3)nn3ccccc23)C(N)=C(Cl)C1=O. The number of allylic oxidation sites excluding steroid dienone is 3. The van der Waals surface area contributed by atoms with E-state index in [4.69, 9.17) is 22.3 Å². The van der Waals surface area contributed by atoms with Crippen molar-refractivity contribution in [2.75, 3.05) is 31.5 Å². The number of aliphatic imine (C=N–C) groups is 1. The van der Waals surface area contributed by atoms with Gasteiger partial charge in [-0.25, -0.2) is 9.51 Å². The summed E-state index contributed by atoms with van der Waals surface area (Å²) in [6.45, 7) is 5.76. The standard InChI is InChI=1S/C21H25ClN6O/c1-14-13-15(18(23)17(22)20(14)29)25-19-16-7-3-6-11-28(16)26-21(19)24-8-12-27-9-4-2-5-10-27/h3,6-7,11,13H,2,4-5,8-10,12,23H2,1H3,(H,24,26). The first-order valence-corrected chi connectivity index (χ1v) is 10.3. The fourth-order valence-corrected chi connectivity index (χ4v) is 3.95. The van der Waals surface area contributed by atoms with Crippen molar-refractivity contribution in [2.24, 2.45) is 10.7 Å². The number of Topliss-reactive ketones (excluding diaryl/α,β-unsaturated/α-hetero) is 1. The third-order valence-corrected chi connectivity index (χ3v) is 5.71. The maximum absolute atomic E-state index is 12.0. The number of nitrogens with zero attached hydrogens (tertiary/aromatic N) is 4. The van der Waals surface area contributed by atoms with Crippen LogP contribution in [0.15, 0.2) is 51.8 Å². The van der Waals surface area contributed by atoms with Crippen molar-refractivity contribution in [3.8, 4) is 0 Å². The van der Waals surface area contributed by atoms with Crippen LogP contribution >= 0.6 is 11.6 Å². The molecule has 4 rings (SSSR count). The van der Waals surface area contributed by atoms with E-state index in [0.29, 0.717) is 22.8 Å². The van der Waals surface area contributed by atoms with Gasteiger partial charge in [-0.15, -0.1) is 5.10 Å². The minimum Gasteiger partial charge on any atom is -0.396 e. The van der Waals surface area contributed by atoms with Gasteiger partial charge >= 0.3 is 0 Å². The Balaban J connectivity index is 1.64. The van der Waals surface area contributed by atoms with Crippen molar-refractivity contribution >= 4 is 40.1 Å². The van der Waals surface area contributed by atoms with E-state index in [2.05, 4.69) is 15.3 Å². The first-order valence-electron chi connectivity index (χ1n) is 9.95. The highest BCUT2D eigenvalue weighted by atomic mass is 35.5. The quantitative estimate of drug-likeness (QED) is 0.736. The van der Waals surface area contributed by atoms with Gasteiger partial charge in [0.1, 0.15) is 10.7 Å². The number of hydrogen-bond donors (Lipinski definition) is 2. The van der Waals surface area contributed by atoms with Crippen LogP contribution in [-0.4, -0.2) is 52.2 Å². The minimum absolute atomic E-state index is 0.0137. The molecule has 1 saturated heterocycles. The van der Waals surface area contributed by atoms with Gasteiger partial charge in [0.2, 0.25) is 5.78 Å². The smallest absolute Gasteiger partial charge is 0.202 e. The predicted octanol–water partition coefficient (Wildman–Crippen LogP) is 3.24. The van der Waals surface area contributed by atoms with Crippen molar-refractivity contribution in [1.82, 2.24) is 14.5 Å². The first kappa shape index (κ1) is 19.7. The average Bonchev–Trinajstić information content (AvgIpc) is 3.08. The molecule has 0 amide bonds. The molecule has 1 fully saturated rings. The highest BCUT2D eigenvalue weighted by Crippen LogP contribution is 2.31. The van der Waals surface area contributed by atoms with Crippen molar-refractivity contribution in [3.63, 3.8) is 0 Å². The monoisotopic (exact) mass is 412 g/mol. The molecular weight excluding hydrogens is 388 g/mol. The molecule has 2 aliphatic rings. The Hall–Kier alpha value is -2.64. The molecule has 7 nitrogen and oxygen atoms in total. The Labute approximate surface area is 174 Å². The summed E-state index contributed by atoms with van der Waals surface area (Å²) in [7, 11) is 0. The van der Waals surface area contributed by atoms with Gasteiger partial charge in [0.25, 0.3) is 0 Å². The number of halogens is 1. The fourth-order valence-electron chi connectivity index (χ4n) is 3.70. The molecule has 152 valence electrons. The number of hydrogen-bond acceptors (Lipinski definition) is 6. The van der Waals surface area contributed by atoms with Crippen molar-refractivity contribution in [3.05, 3.63) is 46.8 Å². The normalized spacial score (nSPS) is 19.9. The highest BCUT2D eigenvalue weighted by Gasteiger charge is 2.23. The van der Waals surface area contributed by atoms with Crippen LogP contribution in [0.3, 0.4) is 0 Å². The van der Waals surface area contributed by atoms with Crippen molar-refractivity contribution < 1.29 is 4.79 Å². The van der Waals surface area contributed by atoms with Gasteiger partial charge in [-0.3, -0.25) is 4.79 Å². The number of aromatic nitrogens is 2. The highest BCUT2D eigenvalue weighted by molar-refractivity contribution is 6.49. The van der Waals surface area contributed by atoms with Gasteiger partial charge in [-0.1, -0.05) is 24.1 Å². The lowest BCUT2D eigenvalue weighted by molar-refractivity contribution is -0.111. The van der Waals surface area contributed by atoms with Crippen LogP contribution in [0.2, 0.25) is 0 Å². The van der Waals surface area contributed by atoms with E-state index in [1.165, 1.54) is 19.3 Å². The summed E-state index contributed by atoms with van der Waals surface area (Å²) in [5.41, 5.74) is 8.80. The van der Waals surface area contributed by atoms with Crippen LogP contribution in [0.25, 0.3) is 5.52 Å². The van der Waals surface area contributed by atoms with Gasteiger partial charge in [0.05, 0.1) is 16.9 Å². The summed E-state index contributed by atoms with van der Waals surface area (Å²) in [6, 6.07) is 5.81. The fraction of sp³-hybridized carbons (Fsp3) is 0.381. The summed E-state index contributed by atoms with van der Waals surface area (Å²) in [6.07, 6.45) is 7.42. The number of piperidine rings is 1. The summed E-state index contributed by atoms with van der Waals surface area (Å²) < 4.78 is 1.79. The molecule has 3 heterocycles. The number of fused-ring (bicyclic) bond motifs is 1. The average molecular weight is 413 g/mol. The molecule has 2 aromatic heterocycles. The van der Waals surface area contributed by atoms with Gasteiger partial charge in [-0.2, -0.15) is 0 Å². The lowest BCUT2D eigenvalue weighted by Crippen LogP contribution is -2.33. The Bertz CT molecular complexity index is 1030. The zero-order chi connectivity index (χ0) is 20.4. The molecule has 8 heteroatoms. The van der Waals surface area contributed by atoms with Crippen LogP contribution in [0.5, 0.6) is 0 Å². The number of carbonyl (C=O) groups is 1. The second-order valence-electron chi connectivity index (χ2n) is 7.44. The Morgan fingerprint density at radius 2 is 2.07 bits per heavy atom. The topological polar surface area (TPSA) is 88.0 Å². The molecule has 0 bridgehead atoms. The molecule has 3 N–H and O–H groups in total. The first-order chi connectivity index (χ1) is 14.0. The summed E-state index contributed by atoms with van der Waals surface area (Å²) in [5.74, 6) is 0.426. The summed E-state index contributed by atoms with van der Waals surface area (Å²) in [4.78, 5) is 19.2. The van der Waals surface area contributed by atoms with Crippen LogP contribution < -0.4 is 11.1 Å². The molecule has 0 saturated carbocycles. The molecule has 0 spiro atoms. The zero-order valence-electron chi connectivity index (χ0n) is 16.5. The third kappa shape index (κ3) is 4.06. The number of nitrogens with two attached hydrogens (primary N) is 1. The predicted molar refractivity (Wildman–Crippen MR) is 117 cm³/mol. The molecule has 0 aromatic carbocycles. The summed E-state index contributed by atoms with van der Waals surface area (Å²) in [5, 5.41) is 8.08.